The first-order valence-electron chi connectivity index (χ1n) is 0.447. The molecule has 0 rings (SSSR count). The van der Waals surface area contributed by atoms with E-state index in [1.807, 2.05) is 0 Å². The fraction of sp³-hybridized carbons (Fsp3) is 0. The molecule has 0 spiro atoms. The fourth-order valence-corrected chi connectivity index (χ4v) is 0. The summed E-state index contributed by atoms with van der Waals surface area (Å²) >= 11 is 3.09. The zero-order chi connectivity index (χ0) is 2.71. The molecule has 0 saturated carbocycles. The maximum atomic E-state index is 7.18. The Hall–Kier alpha value is 0.540. The maximum Gasteiger partial charge on any atom is 0.130 e. The van der Waals surface area contributed by atoms with Crippen LogP contribution in [0.25, 0.3) is 0 Å². The van der Waals surface area contributed by atoms with Gasteiger partial charge in [0.15, 0.2) is 0 Å². The van der Waals surface area contributed by atoms with Crippen LogP contribution < -0.4 is 6.15 Å². The van der Waals surface area contributed by atoms with Gasteiger partial charge >= 0.3 is 0 Å². The van der Waals surface area contributed by atoms with Crippen LogP contribution >= 0.6 is 12.6 Å². The minimum atomic E-state index is 0. The van der Waals surface area contributed by atoms with Gasteiger partial charge in [0, 0.05) is 22.4 Å². The molecule has 1 radical (unpaired) electrons. The molecule has 5 heavy (non-hydrogen) atoms. The van der Waals surface area contributed by atoms with Gasteiger partial charge in [0.05, 0.1) is 0 Å². The van der Waals surface area contributed by atoms with Crippen LogP contribution in [0, 0.1) is 10.7 Å². The van der Waals surface area contributed by atoms with Crippen molar-refractivity contribution in [3.63, 3.8) is 0 Å². The van der Waals surface area contributed by atoms with E-state index in [1.54, 1.807) is 0 Å². The van der Waals surface area contributed by atoms with E-state index in [-0.39, 0.29) is 28.5 Å². The topological polar surface area (TPSA) is 58.8 Å². The Balaban J connectivity index is -0.0000000200. The first-order valence-corrected chi connectivity index (χ1v) is 0.894. The average Bonchev–Trinajstić information content (AvgIpc) is 0.918. The largest absolute Gasteiger partial charge is 0.344 e. The molecule has 0 aliphatic rings. The van der Waals surface area contributed by atoms with E-state index in [1.165, 1.54) is 5.40 Å². The van der Waals surface area contributed by atoms with Crippen molar-refractivity contribution < 1.29 is 22.4 Å². The minimum Gasteiger partial charge on any atom is -0.344 e. The molecule has 0 aliphatic carbocycles. The van der Waals surface area contributed by atoms with Crippen LogP contribution in [0.4, 0.5) is 0 Å². The molecule has 0 aliphatic heterocycles. The van der Waals surface area contributed by atoms with Crippen molar-refractivity contribution in [2.75, 3.05) is 0 Å². The summed E-state index contributed by atoms with van der Waals surface area (Å²) in [6, 6.07) is 0. The number of thiocyanates is 1. The molecule has 0 aromatic heterocycles. The summed E-state index contributed by atoms with van der Waals surface area (Å²) in [5.74, 6) is 0. The van der Waals surface area contributed by atoms with Crippen LogP contribution in [0.3, 0.4) is 0 Å². The van der Waals surface area contributed by atoms with Crippen LogP contribution in [0.15, 0.2) is 0 Å². The molecule has 2 nitrogen and oxygen atoms in total. The minimum absolute atomic E-state index is 0. The molecule has 0 saturated heterocycles. The van der Waals surface area contributed by atoms with Crippen molar-refractivity contribution in [3.05, 3.63) is 0 Å². The molecule has 0 unspecified atom stereocenters. The Morgan fingerprint density at radius 2 is 1.60 bits per heavy atom. The molecule has 0 aromatic carbocycles. The average molecular weight is 273 g/mol. The zero-order valence-electron chi connectivity index (χ0n) is 2.40. The molecule has 0 bridgehead atoms. The summed E-state index contributed by atoms with van der Waals surface area (Å²) in [6.45, 7) is 0. The predicted octanol–water partition coefficient (Wildman–Crippen LogP) is 0.557. The number of rotatable bonds is 0. The molecule has 0 amide bonds. The van der Waals surface area contributed by atoms with Crippen molar-refractivity contribution in [2.45, 2.75) is 0 Å². The molecular weight excluding hydrogens is 269 g/mol. The second-order valence-corrected chi connectivity index (χ2v) is 0.300. The third kappa shape index (κ3) is 100. The molecular formula is CH4AuN2S. The first-order chi connectivity index (χ1) is 1.41. The van der Waals surface area contributed by atoms with Gasteiger partial charge in [0.25, 0.3) is 0 Å². The number of nitrogens with zero attached hydrogens (tertiary/aromatic N) is 1. The number of hydrogen-bond acceptors (Lipinski definition) is 3. The predicted molar refractivity (Wildman–Crippen MR) is 19.6 cm³/mol. The van der Waals surface area contributed by atoms with Crippen molar-refractivity contribution >= 4 is 12.6 Å². The Morgan fingerprint density at radius 3 is 1.60 bits per heavy atom. The normalized spacial score (nSPS) is 1.60. The summed E-state index contributed by atoms with van der Waals surface area (Å²) in [6.07, 6.45) is 0. The van der Waals surface area contributed by atoms with Gasteiger partial charge in [-0.25, -0.2) is 0 Å². The summed E-state index contributed by atoms with van der Waals surface area (Å²) in [5.41, 5.74) is 0. The van der Waals surface area contributed by atoms with E-state index in [0.29, 0.717) is 0 Å². The van der Waals surface area contributed by atoms with Gasteiger partial charge in [0.1, 0.15) is 5.40 Å². The molecule has 4 heteroatoms. The second kappa shape index (κ2) is 24.0. The van der Waals surface area contributed by atoms with Gasteiger partial charge < -0.3 is 6.15 Å². The molecule has 0 heterocycles. The molecule has 35 valence electrons. The van der Waals surface area contributed by atoms with E-state index >= 15 is 0 Å². The Bertz CT molecular complexity index is 31.1. The van der Waals surface area contributed by atoms with Crippen LogP contribution in [-0.4, -0.2) is 0 Å². The first kappa shape index (κ1) is 17.7. The zero-order valence-corrected chi connectivity index (χ0v) is 5.46. The molecule has 3 N–H and O–H groups in total. The number of nitriles is 1. The Morgan fingerprint density at radius 1 is 1.60 bits per heavy atom. The SMILES string of the molecule is N.N#CS.[Au]. The smallest absolute Gasteiger partial charge is 0.130 e. The van der Waals surface area contributed by atoms with Crippen LogP contribution in [0.5, 0.6) is 0 Å². The van der Waals surface area contributed by atoms with Crippen LogP contribution in [0.2, 0.25) is 0 Å². The van der Waals surface area contributed by atoms with Crippen molar-refractivity contribution in [1.82, 2.24) is 6.15 Å². The maximum absolute atomic E-state index is 7.18. The van der Waals surface area contributed by atoms with Crippen molar-refractivity contribution in [1.29, 1.82) is 5.26 Å². The Kier molecular flexibility index (Phi) is 84.9. The summed E-state index contributed by atoms with van der Waals surface area (Å²) in [7, 11) is 0. The van der Waals surface area contributed by atoms with E-state index in [2.05, 4.69) is 12.6 Å². The van der Waals surface area contributed by atoms with E-state index in [9.17, 15) is 0 Å². The molecule has 0 atom stereocenters. The third-order valence-corrected chi connectivity index (χ3v) is 0. The van der Waals surface area contributed by atoms with E-state index in [4.69, 9.17) is 5.26 Å². The van der Waals surface area contributed by atoms with Gasteiger partial charge in [0.2, 0.25) is 0 Å². The standard InChI is InChI=1S/CHNS.Au.H3N/c2-1-3;;/h3H;;1H3. The summed E-state index contributed by atoms with van der Waals surface area (Å²) < 4.78 is 0. The van der Waals surface area contributed by atoms with Gasteiger partial charge in [-0.3, -0.25) is 0 Å². The van der Waals surface area contributed by atoms with Crippen molar-refractivity contribution in [2.24, 2.45) is 0 Å². The summed E-state index contributed by atoms with van der Waals surface area (Å²) in [5, 5.41) is 8.63. The quantitative estimate of drug-likeness (QED) is 0.385. The van der Waals surface area contributed by atoms with Gasteiger partial charge in [-0.15, -0.1) is 0 Å². The van der Waals surface area contributed by atoms with E-state index < -0.39 is 0 Å². The molecule has 0 fully saturated rings. The summed E-state index contributed by atoms with van der Waals surface area (Å²) in [4.78, 5) is 0. The fourth-order valence-electron chi connectivity index (χ4n) is 0. The second-order valence-electron chi connectivity index (χ2n) is 0.100. The van der Waals surface area contributed by atoms with Crippen LogP contribution in [0.1, 0.15) is 0 Å². The Labute approximate surface area is 52.1 Å². The number of hydrogen-bond donors (Lipinski definition) is 2. The third-order valence-electron chi connectivity index (χ3n) is 0. The molecule has 0 aromatic rings. The van der Waals surface area contributed by atoms with Gasteiger partial charge in [-0.05, 0) is 0 Å². The van der Waals surface area contributed by atoms with Crippen molar-refractivity contribution in [3.8, 4) is 5.40 Å². The van der Waals surface area contributed by atoms with E-state index in [0.717, 1.165) is 0 Å². The van der Waals surface area contributed by atoms with Gasteiger partial charge in [-0.2, -0.15) is 5.26 Å². The van der Waals surface area contributed by atoms with Crippen LogP contribution in [-0.2, 0) is 22.4 Å². The monoisotopic (exact) mass is 273 g/mol. The number of thiol groups is 1. The van der Waals surface area contributed by atoms with Gasteiger partial charge in [-0.1, -0.05) is 12.6 Å².